The summed E-state index contributed by atoms with van der Waals surface area (Å²) in [5.74, 6) is -8.68. The number of nitrogens with one attached hydrogen (secondary N) is 2. The number of carbonyl (C=O) groups excluding carboxylic acids is 1. The molecule has 1 fully saturated rings. The Balaban J connectivity index is 1.50. The van der Waals surface area contributed by atoms with Crippen molar-refractivity contribution in [3.63, 3.8) is 0 Å². The minimum Gasteiger partial charge on any atom is -0.480 e. The van der Waals surface area contributed by atoms with Crippen LogP contribution in [0.15, 0.2) is 28.2 Å². The van der Waals surface area contributed by atoms with Crippen LogP contribution in [0, 0.1) is 0 Å². The average molecular weight is 479 g/mol. The van der Waals surface area contributed by atoms with Crippen LogP contribution in [0.2, 0.25) is 0 Å². The van der Waals surface area contributed by atoms with Crippen LogP contribution >= 0.6 is 0 Å². The van der Waals surface area contributed by atoms with E-state index in [-0.39, 0.29) is 54.4 Å². The molecular weight excluding hydrogens is 456 g/mol. The van der Waals surface area contributed by atoms with Crippen molar-refractivity contribution in [2.45, 2.75) is 54.8 Å². The molecule has 3 heterocycles. The molecule has 5 rings (SSSR count). The van der Waals surface area contributed by atoms with Crippen molar-refractivity contribution in [2.75, 3.05) is 6.54 Å². The van der Waals surface area contributed by atoms with Crippen molar-refractivity contribution in [1.29, 1.82) is 0 Å². The number of carbonyl (C=O) groups is 2. The van der Waals surface area contributed by atoms with Crippen LogP contribution in [0.5, 0.6) is 0 Å². The quantitative estimate of drug-likeness (QED) is 0.239. The molecule has 1 aromatic rings. The smallest absolute Gasteiger partial charge is 0.331 e. The Morgan fingerprint density at radius 3 is 2.68 bits per heavy atom. The number of amides is 1. The molecule has 0 radical (unpaired) electrons. The maximum Gasteiger partial charge on any atom is 0.331 e. The minimum atomic E-state index is -3.07. The van der Waals surface area contributed by atoms with E-state index in [1.807, 2.05) is 0 Å². The van der Waals surface area contributed by atoms with Gasteiger partial charge < -0.3 is 42.3 Å². The highest BCUT2D eigenvalue weighted by Crippen LogP contribution is 2.45. The molecule has 182 valence electrons. The third-order valence-corrected chi connectivity index (χ3v) is 7.00. The van der Waals surface area contributed by atoms with E-state index in [1.54, 1.807) is 0 Å². The highest BCUT2D eigenvalue weighted by molar-refractivity contribution is 5.97. The predicted octanol–water partition coefficient (Wildman–Crippen LogP) is -2.03. The zero-order valence-electron chi connectivity index (χ0n) is 17.7. The van der Waals surface area contributed by atoms with E-state index in [2.05, 4.69) is 20.6 Å². The fourth-order valence-electron chi connectivity index (χ4n) is 5.46. The summed E-state index contributed by atoms with van der Waals surface area (Å²) < 4.78 is 28.7. The first-order valence-corrected chi connectivity index (χ1v) is 10.6. The number of halogens is 2. The Morgan fingerprint density at radius 1 is 1.24 bits per heavy atom. The van der Waals surface area contributed by atoms with Gasteiger partial charge in [-0.1, -0.05) is 12.1 Å². The van der Waals surface area contributed by atoms with E-state index in [4.69, 9.17) is 11.5 Å². The topological polar surface area (TPSA) is 199 Å². The van der Waals surface area contributed by atoms with Gasteiger partial charge in [0.25, 0.3) is 11.8 Å². The maximum atomic E-state index is 14.4. The zero-order chi connectivity index (χ0) is 24.6. The number of nitrogens with two attached hydrogens (primary N) is 2. The van der Waals surface area contributed by atoms with Crippen LogP contribution in [0.4, 0.5) is 8.78 Å². The van der Waals surface area contributed by atoms with Crippen molar-refractivity contribution in [3.05, 3.63) is 34.9 Å². The number of benzene rings is 1. The average Bonchev–Trinajstić information content (AvgIpc) is 3.22. The van der Waals surface area contributed by atoms with E-state index in [9.17, 15) is 33.7 Å². The molecule has 1 aromatic carbocycles. The summed E-state index contributed by atoms with van der Waals surface area (Å²) in [4.78, 5) is 34.0. The fraction of sp³-hybridized carbons (Fsp3) is 0.500. The summed E-state index contributed by atoms with van der Waals surface area (Å²) in [5.41, 5.74) is 9.65. The molecule has 34 heavy (non-hydrogen) atoms. The van der Waals surface area contributed by atoms with Gasteiger partial charge in [0.1, 0.15) is 12.1 Å². The first-order chi connectivity index (χ1) is 15.9. The Labute approximate surface area is 191 Å². The lowest BCUT2D eigenvalue weighted by atomic mass is 9.84. The number of hydrogen-bond acceptors (Lipinski definition) is 10. The number of rotatable bonds is 3. The van der Waals surface area contributed by atoms with Gasteiger partial charge in [0.05, 0.1) is 0 Å². The molecule has 1 aliphatic carbocycles. The van der Waals surface area contributed by atoms with Crippen LogP contribution in [-0.2, 0) is 17.1 Å². The normalized spacial score (nSPS) is 32.5. The van der Waals surface area contributed by atoms with E-state index in [1.165, 1.54) is 23.1 Å². The highest BCUT2D eigenvalue weighted by atomic mass is 19.3. The van der Waals surface area contributed by atoms with Crippen molar-refractivity contribution < 1.29 is 33.7 Å². The maximum absolute atomic E-state index is 14.4. The van der Waals surface area contributed by atoms with Crippen molar-refractivity contribution in [1.82, 2.24) is 15.5 Å². The molecule has 0 unspecified atom stereocenters. The van der Waals surface area contributed by atoms with E-state index in [0.717, 1.165) is 0 Å². The number of alkyl halides is 2. The lowest BCUT2D eigenvalue weighted by molar-refractivity contribution is -0.230. The second kappa shape index (κ2) is 6.99. The molecule has 9 N–H and O–H groups in total. The zero-order valence-corrected chi connectivity index (χ0v) is 17.7. The number of carboxylic acid groups (broad SMARTS) is 1. The molecule has 0 saturated carbocycles. The van der Waals surface area contributed by atoms with Crippen molar-refractivity contribution in [3.8, 4) is 0 Å². The summed E-state index contributed by atoms with van der Waals surface area (Å²) in [7, 11) is 0. The van der Waals surface area contributed by atoms with Crippen molar-refractivity contribution >= 4 is 23.8 Å². The second-order valence-corrected chi connectivity index (χ2v) is 8.87. The van der Waals surface area contributed by atoms with Gasteiger partial charge in [0.15, 0.2) is 23.6 Å². The number of carboxylic acids is 1. The monoisotopic (exact) mass is 479 g/mol. The summed E-state index contributed by atoms with van der Waals surface area (Å²) in [6.45, 7) is -0.294. The summed E-state index contributed by atoms with van der Waals surface area (Å²) in [6, 6.07) is -0.365. The van der Waals surface area contributed by atoms with E-state index in [0.29, 0.717) is 0 Å². The Kier molecular flexibility index (Phi) is 4.58. The first-order valence-electron chi connectivity index (χ1n) is 10.6. The predicted molar refractivity (Wildman–Crippen MR) is 113 cm³/mol. The van der Waals surface area contributed by atoms with E-state index < -0.39 is 47.4 Å². The van der Waals surface area contributed by atoms with Gasteiger partial charge >= 0.3 is 5.97 Å². The number of aliphatic carboxylic acids is 1. The number of hydrogen-bond donors (Lipinski definition) is 7. The molecular formula is C20H23F2N7O5. The van der Waals surface area contributed by atoms with Crippen LogP contribution in [0.25, 0.3) is 0 Å². The standard InChI is InChI=1S/C20H23F2N7O5/c21-18(22)6-2-4-8-9(3-1-5-10(8)18)14(30)25-11-7-29-17(24)26-12(15(31)32)13-19(29,20(11,33)34)28-16(23)27-13/h1,3,5,11-13,33-34H,2,4,6-7H2,(H2,24,26)(H,25,30)(H,31,32)(H3,23,27,28)/t11-,12+,13-,19-/m0/s1. The molecule has 3 aliphatic heterocycles. The molecule has 1 amide bonds. The highest BCUT2D eigenvalue weighted by Gasteiger charge is 2.74. The molecule has 12 nitrogen and oxygen atoms in total. The summed E-state index contributed by atoms with van der Waals surface area (Å²) in [6.07, 6.45) is 0.145. The van der Waals surface area contributed by atoms with Crippen molar-refractivity contribution in [2.24, 2.45) is 21.5 Å². The molecule has 4 atom stereocenters. The van der Waals surface area contributed by atoms with Gasteiger partial charge in [0.2, 0.25) is 5.79 Å². The van der Waals surface area contributed by atoms with Gasteiger partial charge in [-0.2, -0.15) is 0 Å². The van der Waals surface area contributed by atoms with Gasteiger partial charge in [-0.15, -0.1) is 0 Å². The molecule has 0 aromatic heterocycles. The molecule has 1 saturated heterocycles. The number of guanidine groups is 2. The van der Waals surface area contributed by atoms with E-state index >= 15 is 0 Å². The number of aliphatic imine (C=N–C) groups is 2. The number of aliphatic hydroxyl groups is 2. The SMILES string of the molecule is NC1=N[C@H]2[C@H](C(=O)O)N=C(N)N3C[C@H](NC(=O)c4cccc5c4CCCC5(F)F)C(O)(O)[C@]23N1. The second-order valence-electron chi connectivity index (χ2n) is 8.87. The Bertz CT molecular complexity index is 1160. The van der Waals surface area contributed by atoms with Crippen LogP contribution in [0.1, 0.15) is 34.3 Å². The third kappa shape index (κ3) is 2.81. The van der Waals surface area contributed by atoms with Gasteiger partial charge in [-0.05, 0) is 24.5 Å². The van der Waals surface area contributed by atoms with Gasteiger partial charge in [0, 0.05) is 24.1 Å². The molecule has 4 aliphatic rings. The number of nitrogens with zero attached hydrogens (tertiary/aromatic N) is 3. The van der Waals surface area contributed by atoms with Crippen LogP contribution in [-0.4, -0.2) is 80.1 Å². The summed E-state index contributed by atoms with van der Waals surface area (Å²) in [5, 5.41) is 37.2. The Hall–Kier alpha value is -3.52. The summed E-state index contributed by atoms with van der Waals surface area (Å²) >= 11 is 0. The van der Waals surface area contributed by atoms with Crippen LogP contribution in [0.3, 0.4) is 0 Å². The first kappa shape index (κ1) is 22.3. The largest absolute Gasteiger partial charge is 0.480 e. The lowest BCUT2D eigenvalue weighted by Gasteiger charge is -2.48. The van der Waals surface area contributed by atoms with Gasteiger partial charge in [-0.25, -0.2) is 23.6 Å². The molecule has 14 heteroatoms. The third-order valence-electron chi connectivity index (χ3n) is 7.00. The molecule has 1 spiro atoms. The van der Waals surface area contributed by atoms with Gasteiger partial charge in [-0.3, -0.25) is 4.79 Å². The lowest BCUT2D eigenvalue weighted by Crippen LogP contribution is -2.78. The molecule has 0 bridgehead atoms. The fourth-order valence-corrected chi connectivity index (χ4v) is 5.46. The Morgan fingerprint density at radius 2 is 1.97 bits per heavy atom. The minimum absolute atomic E-state index is 0.00760. The van der Waals surface area contributed by atoms with Crippen LogP contribution < -0.4 is 22.1 Å². The number of fused-ring (bicyclic) bond motifs is 1.